The van der Waals surface area contributed by atoms with Crippen molar-refractivity contribution in [2.45, 2.75) is 24.4 Å². The Kier molecular flexibility index (Phi) is 4.52. The highest BCUT2D eigenvalue weighted by molar-refractivity contribution is 6.25. The average Bonchev–Trinajstić information content (AvgIpc) is 3.37. The summed E-state index contributed by atoms with van der Waals surface area (Å²) in [6.45, 7) is 0. The number of carbonyl (C=O) groups excluding carboxylic acids is 4. The van der Waals surface area contributed by atoms with Gasteiger partial charge in [-0.25, -0.2) is 4.90 Å². The van der Waals surface area contributed by atoms with Gasteiger partial charge in [-0.05, 0) is 36.8 Å². The molecule has 164 valence electrons. The van der Waals surface area contributed by atoms with Crippen LogP contribution in [0, 0.1) is 11.8 Å². The van der Waals surface area contributed by atoms with Crippen LogP contribution in [0.5, 0.6) is 5.75 Å². The van der Waals surface area contributed by atoms with Crippen LogP contribution in [0.15, 0.2) is 48.5 Å². The SMILES string of the molecule is COc1ccc(N2C(=O)[C@@H]3[C@H](CCC(N)=O)N[C@]4(C(=O)Nc5ccccc54)[C@@H]3C2=O)cc1. The van der Waals surface area contributed by atoms with Gasteiger partial charge in [0.05, 0.1) is 24.6 Å². The molecule has 1 spiro atoms. The summed E-state index contributed by atoms with van der Waals surface area (Å²) < 4.78 is 5.17. The lowest BCUT2D eigenvalue weighted by Crippen LogP contribution is -2.53. The van der Waals surface area contributed by atoms with Crippen molar-refractivity contribution < 1.29 is 23.9 Å². The Bertz CT molecular complexity index is 1150. The summed E-state index contributed by atoms with van der Waals surface area (Å²) in [6.07, 6.45) is 0.271. The predicted molar refractivity (Wildman–Crippen MR) is 115 cm³/mol. The Morgan fingerprint density at radius 3 is 2.50 bits per heavy atom. The van der Waals surface area contributed by atoms with Gasteiger partial charge in [-0.3, -0.25) is 24.5 Å². The molecule has 4 N–H and O–H groups in total. The quantitative estimate of drug-likeness (QED) is 0.599. The third-order valence-electron chi connectivity index (χ3n) is 6.65. The number of methoxy groups -OCH3 is 1. The highest BCUT2D eigenvalue weighted by Crippen LogP contribution is 2.54. The van der Waals surface area contributed by atoms with E-state index < -0.39 is 41.1 Å². The molecule has 0 saturated carbocycles. The van der Waals surface area contributed by atoms with Gasteiger partial charge in [0.1, 0.15) is 11.3 Å². The van der Waals surface area contributed by atoms with Crippen molar-refractivity contribution in [3.8, 4) is 5.75 Å². The number of amides is 4. The fourth-order valence-corrected chi connectivity index (χ4v) is 5.29. The Balaban J connectivity index is 1.61. The number of ether oxygens (including phenoxy) is 1. The van der Waals surface area contributed by atoms with E-state index in [9.17, 15) is 19.2 Å². The maximum absolute atomic E-state index is 13.7. The van der Waals surface area contributed by atoms with E-state index in [1.165, 1.54) is 7.11 Å². The number of rotatable bonds is 5. The van der Waals surface area contributed by atoms with Crippen molar-refractivity contribution in [3.05, 3.63) is 54.1 Å². The Hall–Kier alpha value is -3.72. The number of nitrogens with zero attached hydrogens (tertiary/aromatic N) is 1. The van der Waals surface area contributed by atoms with Gasteiger partial charge in [0.15, 0.2) is 0 Å². The number of anilines is 2. The highest BCUT2D eigenvalue weighted by atomic mass is 16.5. The van der Waals surface area contributed by atoms with E-state index in [2.05, 4.69) is 10.6 Å². The number of hydrogen-bond acceptors (Lipinski definition) is 6. The number of primary amides is 1. The molecule has 9 nitrogen and oxygen atoms in total. The summed E-state index contributed by atoms with van der Waals surface area (Å²) >= 11 is 0. The molecule has 0 unspecified atom stereocenters. The van der Waals surface area contributed by atoms with Crippen LogP contribution in [0.3, 0.4) is 0 Å². The van der Waals surface area contributed by atoms with E-state index in [-0.39, 0.29) is 18.7 Å². The van der Waals surface area contributed by atoms with Crippen LogP contribution in [-0.2, 0) is 24.7 Å². The largest absolute Gasteiger partial charge is 0.497 e. The lowest BCUT2D eigenvalue weighted by molar-refractivity contribution is -0.130. The molecule has 3 aliphatic heterocycles. The van der Waals surface area contributed by atoms with Gasteiger partial charge in [-0.2, -0.15) is 0 Å². The number of hydrogen-bond donors (Lipinski definition) is 3. The molecule has 2 saturated heterocycles. The highest BCUT2D eigenvalue weighted by Gasteiger charge is 2.70. The lowest BCUT2D eigenvalue weighted by atomic mass is 9.76. The van der Waals surface area contributed by atoms with Crippen LogP contribution in [-0.4, -0.2) is 36.8 Å². The zero-order chi connectivity index (χ0) is 22.6. The van der Waals surface area contributed by atoms with Gasteiger partial charge in [-0.1, -0.05) is 18.2 Å². The zero-order valence-corrected chi connectivity index (χ0v) is 17.3. The Morgan fingerprint density at radius 2 is 1.81 bits per heavy atom. The number of carbonyl (C=O) groups is 4. The minimum absolute atomic E-state index is 0.0320. The molecule has 2 fully saturated rings. The fraction of sp³-hybridized carbons (Fsp3) is 0.304. The van der Waals surface area contributed by atoms with Crippen LogP contribution in [0.1, 0.15) is 18.4 Å². The summed E-state index contributed by atoms with van der Waals surface area (Å²) in [4.78, 5) is 53.2. The standard InChI is InChI=1S/C23H22N4O5/c1-32-13-8-6-12(7-9-13)27-20(29)18-16(10-11-17(24)28)26-23(19(18)21(27)30)14-4-2-3-5-15(14)25-22(23)31/h2-9,16,18-19,26H,10-11H2,1H3,(H2,24,28)(H,25,31)/t16-,18+,19-,23-/m0/s1. The second-order valence-corrected chi connectivity index (χ2v) is 8.28. The summed E-state index contributed by atoms with van der Waals surface area (Å²) in [6, 6.07) is 13.2. The van der Waals surface area contributed by atoms with E-state index in [1.54, 1.807) is 48.5 Å². The molecular formula is C23H22N4O5. The average molecular weight is 434 g/mol. The normalized spacial score (nSPS) is 28.1. The van der Waals surface area contributed by atoms with E-state index in [1.807, 2.05) is 0 Å². The van der Waals surface area contributed by atoms with E-state index in [4.69, 9.17) is 10.5 Å². The van der Waals surface area contributed by atoms with Gasteiger partial charge < -0.3 is 15.8 Å². The summed E-state index contributed by atoms with van der Waals surface area (Å²) in [5.41, 5.74) is 5.58. The molecule has 9 heteroatoms. The first-order valence-electron chi connectivity index (χ1n) is 10.4. The van der Waals surface area contributed by atoms with Crippen molar-refractivity contribution in [1.82, 2.24) is 5.32 Å². The van der Waals surface area contributed by atoms with Crippen LogP contribution in [0.2, 0.25) is 0 Å². The second-order valence-electron chi connectivity index (χ2n) is 8.28. The van der Waals surface area contributed by atoms with Gasteiger partial charge in [-0.15, -0.1) is 0 Å². The molecule has 2 aromatic rings. The number of nitrogens with one attached hydrogen (secondary N) is 2. The number of benzene rings is 2. The minimum Gasteiger partial charge on any atom is -0.497 e. The van der Waals surface area contributed by atoms with Crippen LogP contribution in [0.4, 0.5) is 11.4 Å². The number of para-hydroxylation sites is 1. The topological polar surface area (TPSA) is 131 Å². The molecule has 4 atom stereocenters. The first-order chi connectivity index (χ1) is 15.4. The molecule has 0 radical (unpaired) electrons. The third-order valence-corrected chi connectivity index (χ3v) is 6.65. The Morgan fingerprint density at radius 1 is 1.09 bits per heavy atom. The van der Waals surface area contributed by atoms with Crippen molar-refractivity contribution in [2.24, 2.45) is 17.6 Å². The maximum atomic E-state index is 13.7. The van der Waals surface area contributed by atoms with E-state index >= 15 is 0 Å². The molecule has 4 amide bonds. The third kappa shape index (κ3) is 2.67. The zero-order valence-electron chi connectivity index (χ0n) is 17.3. The molecule has 3 aliphatic rings. The van der Waals surface area contributed by atoms with Gasteiger partial charge >= 0.3 is 0 Å². The van der Waals surface area contributed by atoms with Crippen LogP contribution in [0.25, 0.3) is 0 Å². The molecule has 2 aromatic carbocycles. The van der Waals surface area contributed by atoms with E-state index in [0.29, 0.717) is 22.7 Å². The number of imide groups is 1. The minimum atomic E-state index is -1.39. The van der Waals surface area contributed by atoms with Crippen molar-refractivity contribution in [2.75, 3.05) is 17.3 Å². The van der Waals surface area contributed by atoms with Gasteiger partial charge in [0.2, 0.25) is 23.6 Å². The molecule has 32 heavy (non-hydrogen) atoms. The van der Waals surface area contributed by atoms with Crippen LogP contribution < -0.4 is 26.0 Å². The first kappa shape index (κ1) is 20.2. The van der Waals surface area contributed by atoms with Crippen molar-refractivity contribution in [3.63, 3.8) is 0 Å². The fourth-order valence-electron chi connectivity index (χ4n) is 5.29. The van der Waals surface area contributed by atoms with Crippen molar-refractivity contribution in [1.29, 1.82) is 0 Å². The summed E-state index contributed by atoms with van der Waals surface area (Å²) in [5, 5.41) is 6.11. The summed E-state index contributed by atoms with van der Waals surface area (Å²) in [7, 11) is 1.53. The molecular weight excluding hydrogens is 412 g/mol. The first-order valence-corrected chi connectivity index (χ1v) is 10.4. The maximum Gasteiger partial charge on any atom is 0.250 e. The van der Waals surface area contributed by atoms with Crippen molar-refractivity contribution >= 4 is 35.0 Å². The Labute approximate surface area is 183 Å². The molecule has 5 rings (SSSR count). The molecule has 0 aliphatic carbocycles. The van der Waals surface area contributed by atoms with Gasteiger partial charge in [0, 0.05) is 23.7 Å². The van der Waals surface area contributed by atoms with E-state index in [0.717, 1.165) is 4.90 Å². The smallest absolute Gasteiger partial charge is 0.250 e. The molecule has 0 aromatic heterocycles. The number of fused-ring (bicyclic) bond motifs is 4. The van der Waals surface area contributed by atoms with Gasteiger partial charge in [0.25, 0.3) is 0 Å². The molecule has 3 heterocycles. The lowest BCUT2D eigenvalue weighted by Gasteiger charge is -2.29. The van der Waals surface area contributed by atoms with Crippen LogP contribution >= 0.6 is 0 Å². The predicted octanol–water partition coefficient (Wildman–Crippen LogP) is 0.886. The monoisotopic (exact) mass is 434 g/mol. The second kappa shape index (κ2) is 7.16. The summed E-state index contributed by atoms with van der Waals surface area (Å²) in [5.74, 6) is -2.90. The number of nitrogens with two attached hydrogens (primary N) is 1. The molecule has 0 bridgehead atoms.